The van der Waals surface area contributed by atoms with Crippen molar-refractivity contribution < 1.29 is 9.53 Å². The molecule has 0 aromatic heterocycles. The zero-order valence-electron chi connectivity index (χ0n) is 11.0. The van der Waals surface area contributed by atoms with Crippen molar-refractivity contribution in [1.82, 2.24) is 0 Å². The highest BCUT2D eigenvalue weighted by molar-refractivity contribution is 6.00. The summed E-state index contributed by atoms with van der Waals surface area (Å²) < 4.78 is 5.28. The molecule has 1 atom stereocenters. The van der Waals surface area contributed by atoms with Gasteiger partial charge in [-0.05, 0) is 50.1 Å². The van der Waals surface area contributed by atoms with Gasteiger partial charge in [-0.1, -0.05) is 6.92 Å². The standard InChI is InChI=1S/C14H21NO2/c1-9(5-6-15)14(16)12-7-10(2)11(3)8-13(12)17-4/h7-9H,5-6,15H2,1-4H3. The molecule has 0 spiro atoms. The number of Topliss-reactive ketones (excluding diaryl/α,β-unsaturated/α-hetero) is 1. The first kappa shape index (κ1) is 13.7. The largest absolute Gasteiger partial charge is 0.496 e. The fourth-order valence-electron chi connectivity index (χ4n) is 1.80. The van der Waals surface area contributed by atoms with Crippen molar-refractivity contribution in [3.05, 3.63) is 28.8 Å². The summed E-state index contributed by atoms with van der Waals surface area (Å²) in [5, 5.41) is 0. The second-order valence-electron chi connectivity index (χ2n) is 4.48. The van der Waals surface area contributed by atoms with E-state index in [1.165, 1.54) is 0 Å². The SMILES string of the molecule is COc1cc(C)c(C)cc1C(=O)C(C)CCN. The van der Waals surface area contributed by atoms with Gasteiger partial charge in [0.2, 0.25) is 0 Å². The quantitative estimate of drug-likeness (QED) is 0.798. The normalized spacial score (nSPS) is 12.3. The Morgan fingerprint density at radius 3 is 2.47 bits per heavy atom. The number of nitrogens with two attached hydrogens (primary N) is 1. The lowest BCUT2D eigenvalue weighted by Crippen LogP contribution is -2.16. The average Bonchev–Trinajstić information content (AvgIpc) is 2.31. The Hall–Kier alpha value is -1.35. The number of carbonyl (C=O) groups is 1. The Bertz CT molecular complexity index is 413. The van der Waals surface area contributed by atoms with Gasteiger partial charge in [0, 0.05) is 5.92 Å². The van der Waals surface area contributed by atoms with Crippen LogP contribution in [0.25, 0.3) is 0 Å². The first-order valence-corrected chi connectivity index (χ1v) is 5.90. The van der Waals surface area contributed by atoms with Crippen LogP contribution in [0.15, 0.2) is 12.1 Å². The Balaban J connectivity index is 3.12. The molecular formula is C14H21NO2. The molecule has 0 aliphatic carbocycles. The number of hydrogen-bond acceptors (Lipinski definition) is 3. The highest BCUT2D eigenvalue weighted by Crippen LogP contribution is 2.26. The van der Waals surface area contributed by atoms with E-state index >= 15 is 0 Å². The molecule has 0 amide bonds. The van der Waals surface area contributed by atoms with Gasteiger partial charge >= 0.3 is 0 Å². The number of carbonyl (C=O) groups excluding carboxylic acids is 1. The van der Waals surface area contributed by atoms with Crippen molar-refractivity contribution in [3.63, 3.8) is 0 Å². The second-order valence-corrected chi connectivity index (χ2v) is 4.48. The number of methoxy groups -OCH3 is 1. The molecule has 17 heavy (non-hydrogen) atoms. The van der Waals surface area contributed by atoms with Crippen LogP contribution in [0, 0.1) is 19.8 Å². The van der Waals surface area contributed by atoms with E-state index in [0.717, 1.165) is 11.1 Å². The predicted molar refractivity (Wildman–Crippen MR) is 69.6 cm³/mol. The lowest BCUT2D eigenvalue weighted by atomic mass is 9.93. The van der Waals surface area contributed by atoms with Crippen LogP contribution in [0.3, 0.4) is 0 Å². The minimum atomic E-state index is -0.0593. The van der Waals surface area contributed by atoms with E-state index in [1.54, 1.807) is 7.11 Å². The Morgan fingerprint density at radius 1 is 1.35 bits per heavy atom. The minimum absolute atomic E-state index is 0.0593. The number of rotatable bonds is 5. The topological polar surface area (TPSA) is 52.3 Å². The van der Waals surface area contributed by atoms with Crippen molar-refractivity contribution in [2.75, 3.05) is 13.7 Å². The fraction of sp³-hybridized carbons (Fsp3) is 0.500. The van der Waals surface area contributed by atoms with E-state index < -0.39 is 0 Å². The highest BCUT2D eigenvalue weighted by atomic mass is 16.5. The molecule has 1 aromatic carbocycles. The van der Waals surface area contributed by atoms with Crippen LogP contribution in [0.5, 0.6) is 5.75 Å². The van der Waals surface area contributed by atoms with Crippen LogP contribution in [0.2, 0.25) is 0 Å². The molecule has 0 aliphatic rings. The van der Waals surface area contributed by atoms with E-state index in [2.05, 4.69) is 0 Å². The Labute approximate surface area is 103 Å². The Morgan fingerprint density at radius 2 is 1.94 bits per heavy atom. The van der Waals surface area contributed by atoms with Crippen LogP contribution in [0.1, 0.15) is 34.8 Å². The molecule has 2 N–H and O–H groups in total. The van der Waals surface area contributed by atoms with Crippen LogP contribution in [0.4, 0.5) is 0 Å². The molecule has 1 unspecified atom stereocenters. The highest BCUT2D eigenvalue weighted by Gasteiger charge is 2.19. The predicted octanol–water partition coefficient (Wildman–Crippen LogP) is 2.48. The summed E-state index contributed by atoms with van der Waals surface area (Å²) in [5.74, 6) is 0.702. The second kappa shape index (κ2) is 5.82. The molecular weight excluding hydrogens is 214 g/mol. The molecule has 0 saturated heterocycles. The zero-order valence-corrected chi connectivity index (χ0v) is 11.0. The van der Waals surface area contributed by atoms with Crippen molar-refractivity contribution in [1.29, 1.82) is 0 Å². The van der Waals surface area contributed by atoms with Crippen LogP contribution >= 0.6 is 0 Å². The van der Waals surface area contributed by atoms with Gasteiger partial charge in [-0.2, -0.15) is 0 Å². The van der Waals surface area contributed by atoms with Gasteiger partial charge in [-0.3, -0.25) is 4.79 Å². The van der Waals surface area contributed by atoms with Crippen LogP contribution < -0.4 is 10.5 Å². The molecule has 1 aromatic rings. The van der Waals surface area contributed by atoms with E-state index in [9.17, 15) is 4.79 Å². The molecule has 94 valence electrons. The molecule has 3 nitrogen and oxygen atoms in total. The molecule has 0 saturated carbocycles. The van der Waals surface area contributed by atoms with E-state index in [1.807, 2.05) is 32.9 Å². The molecule has 3 heteroatoms. The summed E-state index contributed by atoms with van der Waals surface area (Å²) in [6, 6.07) is 3.82. The molecule has 0 fully saturated rings. The Kier molecular flexibility index (Phi) is 4.70. The number of benzene rings is 1. The first-order valence-electron chi connectivity index (χ1n) is 5.90. The maximum atomic E-state index is 12.2. The number of aryl methyl sites for hydroxylation is 2. The maximum Gasteiger partial charge on any atom is 0.169 e. The van der Waals surface area contributed by atoms with E-state index in [0.29, 0.717) is 24.3 Å². The third-order valence-electron chi connectivity index (χ3n) is 3.13. The maximum absolute atomic E-state index is 12.2. The number of hydrogen-bond donors (Lipinski definition) is 1. The minimum Gasteiger partial charge on any atom is -0.496 e. The first-order chi connectivity index (χ1) is 8.01. The van der Waals surface area contributed by atoms with Gasteiger partial charge in [0.25, 0.3) is 0 Å². The fourth-order valence-corrected chi connectivity index (χ4v) is 1.80. The number of ketones is 1. The van der Waals surface area contributed by atoms with Gasteiger partial charge in [0.1, 0.15) is 5.75 Å². The molecule has 0 radical (unpaired) electrons. The van der Waals surface area contributed by atoms with E-state index in [4.69, 9.17) is 10.5 Å². The molecule has 0 heterocycles. The van der Waals surface area contributed by atoms with Gasteiger partial charge < -0.3 is 10.5 Å². The monoisotopic (exact) mass is 235 g/mol. The lowest BCUT2D eigenvalue weighted by Gasteiger charge is -2.14. The van der Waals surface area contributed by atoms with Crippen molar-refractivity contribution in [3.8, 4) is 5.75 Å². The smallest absolute Gasteiger partial charge is 0.169 e. The average molecular weight is 235 g/mol. The summed E-state index contributed by atoms with van der Waals surface area (Å²) >= 11 is 0. The van der Waals surface area contributed by atoms with Gasteiger partial charge in [0.15, 0.2) is 5.78 Å². The van der Waals surface area contributed by atoms with Gasteiger partial charge in [-0.25, -0.2) is 0 Å². The lowest BCUT2D eigenvalue weighted by molar-refractivity contribution is 0.0922. The summed E-state index contributed by atoms with van der Waals surface area (Å²) in [6.45, 7) is 6.44. The van der Waals surface area contributed by atoms with Crippen molar-refractivity contribution in [2.45, 2.75) is 27.2 Å². The third kappa shape index (κ3) is 3.07. The summed E-state index contributed by atoms with van der Waals surface area (Å²) in [7, 11) is 1.59. The van der Waals surface area contributed by atoms with Crippen LogP contribution in [-0.2, 0) is 0 Å². The van der Waals surface area contributed by atoms with Crippen molar-refractivity contribution in [2.24, 2.45) is 11.7 Å². The molecule has 0 aliphatic heterocycles. The molecule has 1 rings (SSSR count). The number of ether oxygens (including phenoxy) is 1. The third-order valence-corrected chi connectivity index (χ3v) is 3.13. The molecule has 0 bridgehead atoms. The van der Waals surface area contributed by atoms with E-state index in [-0.39, 0.29) is 11.7 Å². The van der Waals surface area contributed by atoms with Crippen LogP contribution in [-0.4, -0.2) is 19.4 Å². The summed E-state index contributed by atoms with van der Waals surface area (Å²) in [4.78, 5) is 12.2. The zero-order chi connectivity index (χ0) is 13.0. The summed E-state index contributed by atoms with van der Waals surface area (Å²) in [6.07, 6.45) is 0.703. The van der Waals surface area contributed by atoms with Gasteiger partial charge in [-0.15, -0.1) is 0 Å². The summed E-state index contributed by atoms with van der Waals surface area (Å²) in [5.41, 5.74) is 8.39. The van der Waals surface area contributed by atoms with Gasteiger partial charge in [0.05, 0.1) is 12.7 Å². The van der Waals surface area contributed by atoms with Crippen molar-refractivity contribution >= 4 is 5.78 Å².